The molecule has 124 valence electrons. The number of nitrogens with one attached hydrogen (secondary N) is 1. The van der Waals surface area contributed by atoms with Crippen molar-refractivity contribution in [2.75, 3.05) is 26.7 Å². The predicted molar refractivity (Wildman–Crippen MR) is 84.7 cm³/mol. The Morgan fingerprint density at radius 2 is 2.26 bits per heavy atom. The van der Waals surface area contributed by atoms with Gasteiger partial charge in [0.1, 0.15) is 11.5 Å². The van der Waals surface area contributed by atoms with Gasteiger partial charge in [-0.15, -0.1) is 0 Å². The van der Waals surface area contributed by atoms with E-state index in [1.54, 1.807) is 19.4 Å². The maximum atomic E-state index is 13.8. The third kappa shape index (κ3) is 3.89. The Hall–Kier alpha value is -1.92. The molecule has 0 spiro atoms. The van der Waals surface area contributed by atoms with Crippen molar-refractivity contribution in [1.82, 2.24) is 15.2 Å². The Kier molecular flexibility index (Phi) is 5.25. The predicted octanol–water partition coefficient (Wildman–Crippen LogP) is 2.75. The number of hydrogen-bond donors (Lipinski definition) is 1. The van der Waals surface area contributed by atoms with Crippen LogP contribution < -0.4 is 10.1 Å². The zero-order valence-electron chi connectivity index (χ0n) is 13.3. The molecule has 0 saturated carbocycles. The van der Waals surface area contributed by atoms with Gasteiger partial charge in [-0.3, -0.25) is 4.90 Å². The van der Waals surface area contributed by atoms with E-state index in [-0.39, 0.29) is 6.04 Å². The molecule has 0 unspecified atom stereocenters. The van der Waals surface area contributed by atoms with Crippen LogP contribution >= 0.6 is 0 Å². The second-order valence-electron chi connectivity index (χ2n) is 5.73. The molecule has 0 aliphatic carbocycles. The third-order valence-electron chi connectivity index (χ3n) is 4.23. The van der Waals surface area contributed by atoms with Gasteiger partial charge in [-0.2, -0.15) is 4.39 Å². The summed E-state index contributed by atoms with van der Waals surface area (Å²) in [4.78, 5) is 6.12. The van der Waals surface area contributed by atoms with Crippen LogP contribution in [0.4, 0.5) is 4.39 Å². The molecular weight excluding hydrogens is 297 g/mol. The highest BCUT2D eigenvalue weighted by Crippen LogP contribution is 2.25. The van der Waals surface area contributed by atoms with E-state index in [9.17, 15) is 4.39 Å². The van der Waals surface area contributed by atoms with Gasteiger partial charge in [0.2, 0.25) is 5.95 Å². The molecule has 0 bridgehead atoms. The lowest BCUT2D eigenvalue weighted by molar-refractivity contribution is 0.209. The van der Waals surface area contributed by atoms with Crippen molar-refractivity contribution < 1.29 is 13.5 Å². The summed E-state index contributed by atoms with van der Waals surface area (Å²) in [6.45, 7) is 3.25. The first-order chi connectivity index (χ1) is 11.3. The number of furan rings is 1. The molecule has 1 N–H and O–H groups in total. The van der Waals surface area contributed by atoms with Crippen molar-refractivity contribution in [1.29, 1.82) is 0 Å². The van der Waals surface area contributed by atoms with Gasteiger partial charge >= 0.3 is 0 Å². The minimum absolute atomic E-state index is 0.175. The molecule has 2 aromatic heterocycles. The zero-order valence-corrected chi connectivity index (χ0v) is 13.3. The monoisotopic (exact) mass is 319 g/mol. The summed E-state index contributed by atoms with van der Waals surface area (Å²) in [6.07, 6.45) is 5.51. The zero-order chi connectivity index (χ0) is 16.1. The van der Waals surface area contributed by atoms with Crippen LogP contribution in [0.15, 0.2) is 35.1 Å². The Labute approximate surface area is 135 Å². The van der Waals surface area contributed by atoms with Crippen LogP contribution in [-0.4, -0.2) is 36.6 Å². The molecule has 1 aliphatic heterocycles. The van der Waals surface area contributed by atoms with Crippen LogP contribution in [0, 0.1) is 5.95 Å². The summed E-state index contributed by atoms with van der Waals surface area (Å²) in [5.41, 5.74) is 0.504. The minimum Gasteiger partial charge on any atom is -0.495 e. The number of methoxy groups -OCH3 is 1. The van der Waals surface area contributed by atoms with E-state index >= 15 is 0 Å². The summed E-state index contributed by atoms with van der Waals surface area (Å²) < 4.78 is 24.4. The maximum absolute atomic E-state index is 13.8. The number of nitrogens with zero attached hydrogens (tertiary/aromatic N) is 2. The van der Waals surface area contributed by atoms with Crippen molar-refractivity contribution in [3.05, 3.63) is 47.9 Å². The molecule has 0 radical (unpaired) electrons. The van der Waals surface area contributed by atoms with Gasteiger partial charge in [-0.1, -0.05) is 0 Å². The number of hydrogen-bond acceptors (Lipinski definition) is 5. The Morgan fingerprint density at radius 3 is 2.96 bits per heavy atom. The van der Waals surface area contributed by atoms with Gasteiger partial charge in [-0.25, -0.2) is 4.98 Å². The molecule has 1 saturated heterocycles. The molecule has 3 heterocycles. The molecule has 6 heteroatoms. The third-order valence-corrected chi connectivity index (χ3v) is 4.23. The molecule has 0 aromatic carbocycles. The topological polar surface area (TPSA) is 50.5 Å². The molecule has 23 heavy (non-hydrogen) atoms. The van der Waals surface area contributed by atoms with E-state index in [4.69, 9.17) is 9.15 Å². The molecule has 5 nitrogen and oxygen atoms in total. The highest BCUT2D eigenvalue weighted by molar-refractivity contribution is 5.24. The standard InChI is InChI=1S/C17H22FN3O2/c1-22-14-9-13(17(18)20-11-14)10-19-12-15(16-5-4-8-23-16)21-6-2-3-7-21/h4-5,8-9,11,15,19H,2-3,6-7,10,12H2,1H3/t15-/m0/s1. The van der Waals surface area contributed by atoms with Gasteiger partial charge in [0.15, 0.2) is 0 Å². The average molecular weight is 319 g/mol. The highest BCUT2D eigenvalue weighted by atomic mass is 19.1. The normalized spacial score (nSPS) is 16.6. The van der Waals surface area contributed by atoms with Gasteiger partial charge in [0, 0.05) is 18.7 Å². The summed E-state index contributed by atoms with van der Waals surface area (Å²) in [5, 5.41) is 3.32. The van der Waals surface area contributed by atoms with Crippen LogP contribution in [0.2, 0.25) is 0 Å². The minimum atomic E-state index is -0.464. The SMILES string of the molecule is COc1cnc(F)c(CNC[C@@H](c2ccco2)N2CCCC2)c1. The van der Waals surface area contributed by atoms with E-state index < -0.39 is 5.95 Å². The summed E-state index contributed by atoms with van der Waals surface area (Å²) in [6, 6.07) is 5.75. The first-order valence-electron chi connectivity index (χ1n) is 7.94. The average Bonchev–Trinajstić information content (AvgIpc) is 3.27. The maximum Gasteiger partial charge on any atom is 0.217 e. The fourth-order valence-corrected chi connectivity index (χ4v) is 2.99. The lowest BCUT2D eigenvalue weighted by Crippen LogP contribution is -2.33. The van der Waals surface area contributed by atoms with E-state index in [1.165, 1.54) is 19.0 Å². The van der Waals surface area contributed by atoms with Gasteiger partial charge < -0.3 is 14.5 Å². The van der Waals surface area contributed by atoms with Crippen LogP contribution in [0.5, 0.6) is 5.75 Å². The largest absolute Gasteiger partial charge is 0.495 e. The molecule has 1 atom stereocenters. The molecule has 3 rings (SSSR count). The van der Waals surface area contributed by atoms with Crippen molar-refractivity contribution >= 4 is 0 Å². The number of ether oxygens (including phenoxy) is 1. The number of pyridine rings is 1. The lowest BCUT2D eigenvalue weighted by Gasteiger charge is -2.26. The second-order valence-corrected chi connectivity index (χ2v) is 5.73. The van der Waals surface area contributed by atoms with Gasteiger partial charge in [-0.05, 0) is 44.1 Å². The number of halogens is 1. The molecule has 1 fully saturated rings. The van der Waals surface area contributed by atoms with Gasteiger partial charge in [0.25, 0.3) is 0 Å². The Morgan fingerprint density at radius 1 is 1.43 bits per heavy atom. The van der Waals surface area contributed by atoms with Gasteiger partial charge in [0.05, 0.1) is 25.6 Å². The van der Waals surface area contributed by atoms with E-state index in [0.29, 0.717) is 24.4 Å². The van der Waals surface area contributed by atoms with E-state index in [0.717, 1.165) is 18.8 Å². The lowest BCUT2D eigenvalue weighted by atomic mass is 10.2. The van der Waals surface area contributed by atoms with Crippen LogP contribution in [0.1, 0.15) is 30.2 Å². The van der Waals surface area contributed by atoms with Crippen LogP contribution in [0.3, 0.4) is 0 Å². The number of rotatable bonds is 7. The van der Waals surface area contributed by atoms with E-state index in [1.807, 2.05) is 12.1 Å². The summed E-state index contributed by atoms with van der Waals surface area (Å²) in [5.74, 6) is 1.04. The fraction of sp³-hybridized carbons (Fsp3) is 0.471. The Bertz CT molecular complexity index is 612. The molecule has 0 amide bonds. The number of likely N-dealkylation sites (tertiary alicyclic amines) is 1. The quantitative estimate of drug-likeness (QED) is 0.795. The fourth-order valence-electron chi connectivity index (χ4n) is 2.99. The Balaban J connectivity index is 1.63. The number of aromatic nitrogens is 1. The molecule has 1 aliphatic rings. The summed E-state index contributed by atoms with van der Waals surface area (Å²) >= 11 is 0. The first-order valence-corrected chi connectivity index (χ1v) is 7.94. The smallest absolute Gasteiger partial charge is 0.217 e. The first kappa shape index (κ1) is 16.0. The van der Waals surface area contributed by atoms with Crippen LogP contribution in [-0.2, 0) is 6.54 Å². The summed E-state index contributed by atoms with van der Waals surface area (Å²) in [7, 11) is 1.55. The molecule has 2 aromatic rings. The second kappa shape index (κ2) is 7.57. The van der Waals surface area contributed by atoms with Crippen molar-refractivity contribution in [2.24, 2.45) is 0 Å². The van der Waals surface area contributed by atoms with E-state index in [2.05, 4.69) is 15.2 Å². The highest BCUT2D eigenvalue weighted by Gasteiger charge is 2.25. The molecular formula is C17H22FN3O2. The van der Waals surface area contributed by atoms with Crippen molar-refractivity contribution in [3.63, 3.8) is 0 Å². The van der Waals surface area contributed by atoms with Crippen molar-refractivity contribution in [3.8, 4) is 5.75 Å². The van der Waals surface area contributed by atoms with Crippen LogP contribution in [0.25, 0.3) is 0 Å². The van der Waals surface area contributed by atoms with Crippen molar-refractivity contribution in [2.45, 2.75) is 25.4 Å².